The Labute approximate surface area is 175 Å². The number of nitrogens with zero attached hydrogens (tertiary/aromatic N) is 3. The van der Waals surface area contributed by atoms with Crippen LogP contribution in [0.4, 0.5) is 4.39 Å². The number of H-pyrrole nitrogens is 1. The van der Waals surface area contributed by atoms with Crippen LogP contribution in [0.3, 0.4) is 0 Å². The topological polar surface area (TPSA) is 87.8 Å². The summed E-state index contributed by atoms with van der Waals surface area (Å²) in [5.74, 6) is -0.182. The first-order chi connectivity index (χ1) is 14.6. The lowest BCUT2D eigenvalue weighted by molar-refractivity contribution is 0.182. The maximum Gasteiger partial charge on any atom is 0.227 e. The normalized spacial score (nSPS) is 12.4. The maximum absolute atomic E-state index is 14.4. The van der Waals surface area contributed by atoms with Crippen LogP contribution in [-0.2, 0) is 0 Å². The second-order valence-corrected chi connectivity index (χ2v) is 7.05. The van der Waals surface area contributed by atoms with Crippen molar-refractivity contribution in [2.45, 2.75) is 6.10 Å². The zero-order chi connectivity index (χ0) is 20.7. The van der Waals surface area contributed by atoms with Gasteiger partial charge in [-0.15, -0.1) is 0 Å². The smallest absolute Gasteiger partial charge is 0.227 e. The predicted molar refractivity (Wildman–Crippen MR) is 110 cm³/mol. The van der Waals surface area contributed by atoms with Crippen LogP contribution in [0.2, 0.25) is 5.02 Å². The molecule has 6 nitrogen and oxygen atoms in total. The first kappa shape index (κ1) is 18.5. The van der Waals surface area contributed by atoms with Crippen LogP contribution in [0.5, 0.6) is 0 Å². The third kappa shape index (κ3) is 3.04. The van der Waals surface area contributed by atoms with Crippen molar-refractivity contribution in [1.82, 2.24) is 19.9 Å². The lowest BCUT2D eigenvalue weighted by atomic mass is 10.0. The number of nitrogens with one attached hydrogen (secondary N) is 1. The molecule has 5 aromatic rings. The number of hydrogen-bond acceptors (Lipinski definition) is 5. The van der Waals surface area contributed by atoms with Gasteiger partial charge in [0.05, 0.1) is 11.2 Å². The van der Waals surface area contributed by atoms with Crippen LogP contribution in [0.15, 0.2) is 72.0 Å². The summed E-state index contributed by atoms with van der Waals surface area (Å²) in [4.78, 5) is 15.7. The highest BCUT2D eigenvalue weighted by Gasteiger charge is 2.19. The highest BCUT2D eigenvalue weighted by atomic mass is 35.5. The zero-order valence-electron chi connectivity index (χ0n) is 15.4. The molecule has 1 unspecified atom stereocenters. The summed E-state index contributed by atoms with van der Waals surface area (Å²) in [5, 5.41) is 11.5. The van der Waals surface area contributed by atoms with E-state index < -0.39 is 6.10 Å². The molecule has 0 spiro atoms. The van der Waals surface area contributed by atoms with Crippen LogP contribution in [0.25, 0.3) is 33.3 Å². The van der Waals surface area contributed by atoms with Crippen LogP contribution in [0.1, 0.15) is 17.6 Å². The van der Waals surface area contributed by atoms with Gasteiger partial charge in [0.2, 0.25) is 5.89 Å². The Balaban J connectivity index is 1.64. The first-order valence-corrected chi connectivity index (χ1v) is 9.44. The van der Waals surface area contributed by atoms with Crippen LogP contribution in [-0.4, -0.2) is 25.0 Å². The van der Waals surface area contributed by atoms with E-state index in [1.807, 2.05) is 0 Å². The fourth-order valence-electron chi connectivity index (χ4n) is 3.42. The van der Waals surface area contributed by atoms with E-state index in [1.54, 1.807) is 42.9 Å². The van der Waals surface area contributed by atoms with Crippen LogP contribution in [0, 0.1) is 5.82 Å². The molecule has 0 aliphatic heterocycles. The lowest BCUT2D eigenvalue weighted by Crippen LogP contribution is -2.01. The Kier molecular flexibility index (Phi) is 4.54. The van der Waals surface area contributed by atoms with E-state index >= 15 is 0 Å². The molecule has 4 heterocycles. The van der Waals surface area contributed by atoms with E-state index in [-0.39, 0.29) is 11.7 Å². The molecule has 2 N–H and O–H groups in total. The number of aliphatic hydroxyl groups is 1. The van der Waals surface area contributed by atoms with Crippen molar-refractivity contribution >= 4 is 22.6 Å². The number of oxazole rings is 1. The van der Waals surface area contributed by atoms with E-state index in [4.69, 9.17) is 16.0 Å². The number of halogens is 2. The number of aromatic nitrogens is 4. The van der Waals surface area contributed by atoms with Gasteiger partial charge in [0.25, 0.3) is 0 Å². The average molecular weight is 421 g/mol. The van der Waals surface area contributed by atoms with Crippen molar-refractivity contribution in [2.75, 3.05) is 0 Å². The van der Waals surface area contributed by atoms with E-state index in [0.717, 1.165) is 0 Å². The second kappa shape index (κ2) is 7.37. The van der Waals surface area contributed by atoms with E-state index in [2.05, 4.69) is 19.9 Å². The average Bonchev–Trinajstić information content (AvgIpc) is 3.45. The van der Waals surface area contributed by atoms with Crippen molar-refractivity contribution in [1.29, 1.82) is 0 Å². The molecule has 5 rings (SSSR count). The highest BCUT2D eigenvalue weighted by Crippen LogP contribution is 2.39. The van der Waals surface area contributed by atoms with Gasteiger partial charge in [0.1, 0.15) is 17.7 Å². The van der Waals surface area contributed by atoms with Crippen molar-refractivity contribution in [3.8, 4) is 22.3 Å². The van der Waals surface area contributed by atoms with Crippen molar-refractivity contribution < 1.29 is 13.9 Å². The summed E-state index contributed by atoms with van der Waals surface area (Å²) >= 11 is 6.75. The molecule has 0 saturated carbocycles. The minimum atomic E-state index is -1.07. The summed E-state index contributed by atoms with van der Waals surface area (Å²) in [7, 11) is 0. The molecule has 30 heavy (non-hydrogen) atoms. The molecule has 1 atom stereocenters. The number of hydrogen-bond donors (Lipinski definition) is 2. The predicted octanol–water partition coefficient (Wildman–Crippen LogP) is 5.15. The molecule has 0 aliphatic carbocycles. The third-order valence-corrected chi connectivity index (χ3v) is 5.27. The molecular formula is C22H14ClFN4O2. The minimum Gasteiger partial charge on any atom is -0.446 e. The molecule has 0 bridgehead atoms. The quantitative estimate of drug-likeness (QED) is 0.419. The number of rotatable bonds is 4. The Bertz CT molecular complexity index is 1350. The van der Waals surface area contributed by atoms with Gasteiger partial charge >= 0.3 is 0 Å². The Morgan fingerprint density at radius 2 is 1.93 bits per heavy atom. The summed E-state index contributed by atoms with van der Waals surface area (Å²) < 4.78 is 19.6. The molecule has 0 saturated heterocycles. The molecular weight excluding hydrogens is 407 g/mol. The van der Waals surface area contributed by atoms with E-state index in [9.17, 15) is 9.50 Å². The summed E-state index contributed by atoms with van der Waals surface area (Å²) in [5.41, 5.74) is 3.34. The standard InChI is InChI=1S/C22H14ClFN4O2/c23-19-15(12-7-13(9-25-8-12)20(29)22-26-5-6-30-22)10-27-21-18(19)16(11-28-21)14-3-1-2-4-17(14)24/h1-11,20,29H,(H,27,28). The molecule has 4 aromatic heterocycles. The van der Waals surface area contributed by atoms with Crippen molar-refractivity contribution in [3.63, 3.8) is 0 Å². The number of pyridine rings is 2. The van der Waals surface area contributed by atoms with Crippen LogP contribution < -0.4 is 0 Å². The third-order valence-electron chi connectivity index (χ3n) is 4.87. The van der Waals surface area contributed by atoms with Gasteiger partial charge in [-0.25, -0.2) is 14.4 Å². The van der Waals surface area contributed by atoms with E-state index in [0.29, 0.717) is 43.9 Å². The highest BCUT2D eigenvalue weighted by molar-refractivity contribution is 6.39. The second-order valence-electron chi connectivity index (χ2n) is 6.67. The largest absolute Gasteiger partial charge is 0.446 e. The number of aromatic amines is 1. The number of benzene rings is 1. The Morgan fingerprint density at radius 3 is 2.73 bits per heavy atom. The molecule has 0 fully saturated rings. The van der Waals surface area contributed by atoms with Gasteiger partial charge < -0.3 is 14.5 Å². The number of aliphatic hydroxyl groups excluding tert-OH is 1. The number of fused-ring (bicyclic) bond motifs is 1. The Hall–Kier alpha value is -3.55. The molecule has 8 heteroatoms. The monoisotopic (exact) mass is 420 g/mol. The summed E-state index contributed by atoms with van der Waals surface area (Å²) in [6.45, 7) is 0. The van der Waals surface area contributed by atoms with E-state index in [1.165, 1.54) is 24.7 Å². The van der Waals surface area contributed by atoms with Gasteiger partial charge in [-0.1, -0.05) is 29.8 Å². The molecule has 0 amide bonds. The van der Waals surface area contributed by atoms with Gasteiger partial charge in [-0.3, -0.25) is 4.98 Å². The summed E-state index contributed by atoms with van der Waals surface area (Å²) in [6, 6.07) is 8.23. The maximum atomic E-state index is 14.4. The first-order valence-electron chi connectivity index (χ1n) is 9.06. The van der Waals surface area contributed by atoms with Gasteiger partial charge in [-0.2, -0.15) is 0 Å². The van der Waals surface area contributed by atoms with Crippen molar-refractivity contribution in [2.24, 2.45) is 0 Å². The van der Waals surface area contributed by atoms with Crippen molar-refractivity contribution in [3.05, 3.63) is 89.9 Å². The van der Waals surface area contributed by atoms with Gasteiger partial charge in [0.15, 0.2) is 6.10 Å². The molecule has 148 valence electrons. The lowest BCUT2D eigenvalue weighted by Gasteiger charge is -2.11. The van der Waals surface area contributed by atoms with Gasteiger partial charge in [-0.05, 0) is 12.1 Å². The van der Waals surface area contributed by atoms with Crippen LogP contribution >= 0.6 is 11.6 Å². The SMILES string of the molecule is OC(c1cncc(-c2cnc3[nH]cc(-c4ccccc4F)c3c2Cl)c1)c1ncco1. The Morgan fingerprint density at radius 1 is 1.07 bits per heavy atom. The fourth-order valence-corrected chi connectivity index (χ4v) is 3.77. The molecule has 0 radical (unpaired) electrons. The molecule has 1 aromatic carbocycles. The van der Waals surface area contributed by atoms with Gasteiger partial charge in [0, 0.05) is 58.0 Å². The summed E-state index contributed by atoms with van der Waals surface area (Å²) in [6.07, 6.45) is 8.23. The molecule has 0 aliphatic rings. The zero-order valence-corrected chi connectivity index (χ0v) is 16.1. The minimum absolute atomic E-state index is 0.168. The fraction of sp³-hybridized carbons (Fsp3) is 0.0455.